The molecule has 134 valence electrons. The number of nitrogens with zero attached hydrogens (tertiary/aromatic N) is 1. The zero-order chi connectivity index (χ0) is 18.8. The molecule has 0 aliphatic heterocycles. The van der Waals surface area contributed by atoms with Crippen molar-refractivity contribution in [2.45, 2.75) is 6.92 Å². The van der Waals surface area contributed by atoms with Crippen molar-refractivity contribution in [2.75, 3.05) is 22.4 Å². The van der Waals surface area contributed by atoms with Crippen LogP contribution in [0.4, 0.5) is 11.4 Å². The van der Waals surface area contributed by atoms with Crippen LogP contribution >= 0.6 is 34.8 Å². The fraction of sp³-hybridized carbons (Fsp3) is 0.188. The van der Waals surface area contributed by atoms with Gasteiger partial charge in [-0.05, 0) is 48.9 Å². The Morgan fingerprint density at radius 2 is 1.64 bits per heavy atom. The van der Waals surface area contributed by atoms with Crippen LogP contribution in [0.5, 0.6) is 0 Å². The first kappa shape index (κ1) is 19.8. The highest BCUT2D eigenvalue weighted by Gasteiger charge is 2.22. The van der Waals surface area contributed by atoms with Crippen LogP contribution in [0.3, 0.4) is 0 Å². The minimum atomic E-state index is -3.68. The minimum absolute atomic E-state index is 0.358. The fourth-order valence-corrected chi connectivity index (χ4v) is 3.90. The van der Waals surface area contributed by atoms with E-state index in [1.807, 2.05) is 0 Å². The third-order valence-corrected chi connectivity index (χ3v) is 5.06. The van der Waals surface area contributed by atoms with Crippen molar-refractivity contribution in [1.29, 1.82) is 0 Å². The summed E-state index contributed by atoms with van der Waals surface area (Å²) in [4.78, 5) is 12.3. The molecule has 1 N–H and O–H groups in total. The molecule has 0 aromatic heterocycles. The molecule has 0 unspecified atom stereocenters. The minimum Gasteiger partial charge on any atom is -0.324 e. The molecule has 9 heteroatoms. The Balaban J connectivity index is 2.27. The van der Waals surface area contributed by atoms with Gasteiger partial charge < -0.3 is 5.32 Å². The summed E-state index contributed by atoms with van der Waals surface area (Å²) in [5.41, 5.74) is 1.39. The number of benzene rings is 2. The van der Waals surface area contributed by atoms with Gasteiger partial charge >= 0.3 is 0 Å². The molecule has 0 spiro atoms. The zero-order valence-electron chi connectivity index (χ0n) is 13.4. The molecule has 0 saturated heterocycles. The van der Waals surface area contributed by atoms with Crippen LogP contribution in [0.15, 0.2) is 36.4 Å². The molecule has 25 heavy (non-hydrogen) atoms. The van der Waals surface area contributed by atoms with E-state index in [0.717, 1.165) is 10.6 Å². The van der Waals surface area contributed by atoms with Crippen LogP contribution in [-0.4, -0.2) is 27.1 Å². The molecule has 0 radical (unpaired) electrons. The molecule has 1 amide bonds. The maximum Gasteiger partial charge on any atom is 0.245 e. The van der Waals surface area contributed by atoms with Gasteiger partial charge in [-0.1, -0.05) is 34.8 Å². The van der Waals surface area contributed by atoms with Crippen LogP contribution in [0.25, 0.3) is 0 Å². The number of carbonyl (C=O) groups excluding carboxylic acids is 1. The monoisotopic (exact) mass is 420 g/mol. The average molecular weight is 422 g/mol. The lowest BCUT2D eigenvalue weighted by molar-refractivity contribution is -0.114. The lowest BCUT2D eigenvalue weighted by atomic mass is 10.2. The van der Waals surface area contributed by atoms with Gasteiger partial charge in [0, 0.05) is 20.8 Å². The Labute approximate surface area is 161 Å². The van der Waals surface area contributed by atoms with Gasteiger partial charge in [0.25, 0.3) is 0 Å². The van der Waals surface area contributed by atoms with Crippen molar-refractivity contribution in [1.82, 2.24) is 0 Å². The number of halogens is 3. The quantitative estimate of drug-likeness (QED) is 0.780. The normalized spacial score (nSPS) is 11.2. The molecule has 0 fully saturated rings. The van der Waals surface area contributed by atoms with Crippen molar-refractivity contribution in [3.05, 3.63) is 57.0 Å². The van der Waals surface area contributed by atoms with Gasteiger partial charge in [-0.25, -0.2) is 8.42 Å². The first-order valence-electron chi connectivity index (χ1n) is 7.06. The molecule has 0 saturated carbocycles. The molecule has 2 aromatic carbocycles. The molecule has 5 nitrogen and oxygen atoms in total. The second kappa shape index (κ2) is 7.83. The second-order valence-corrected chi connectivity index (χ2v) is 8.62. The number of hydrogen-bond acceptors (Lipinski definition) is 3. The SMILES string of the molecule is Cc1cc(Cl)ccc1N(CC(=O)Nc1cc(Cl)cc(Cl)c1)S(C)(=O)=O. The molecule has 0 bridgehead atoms. The number of rotatable bonds is 5. The Morgan fingerprint density at radius 1 is 1.04 bits per heavy atom. The van der Waals surface area contributed by atoms with Crippen LogP contribution in [0.2, 0.25) is 15.1 Å². The van der Waals surface area contributed by atoms with Crippen molar-refractivity contribution < 1.29 is 13.2 Å². The molecular formula is C16H15Cl3N2O3S. The van der Waals surface area contributed by atoms with Gasteiger partial charge in [0.2, 0.25) is 15.9 Å². The van der Waals surface area contributed by atoms with Gasteiger partial charge in [0.15, 0.2) is 0 Å². The maximum absolute atomic E-state index is 12.3. The summed E-state index contributed by atoms with van der Waals surface area (Å²) >= 11 is 17.7. The first-order chi connectivity index (χ1) is 11.6. The number of aryl methyl sites for hydroxylation is 1. The van der Waals surface area contributed by atoms with E-state index in [9.17, 15) is 13.2 Å². The first-order valence-corrected chi connectivity index (χ1v) is 10.0. The number of carbonyl (C=O) groups is 1. The summed E-state index contributed by atoms with van der Waals surface area (Å²) in [5.74, 6) is -0.530. The number of amides is 1. The van der Waals surface area contributed by atoms with E-state index >= 15 is 0 Å². The third kappa shape index (κ3) is 5.51. The van der Waals surface area contributed by atoms with E-state index in [4.69, 9.17) is 34.8 Å². The van der Waals surface area contributed by atoms with Crippen LogP contribution < -0.4 is 9.62 Å². The highest BCUT2D eigenvalue weighted by atomic mass is 35.5. The van der Waals surface area contributed by atoms with Gasteiger partial charge in [-0.3, -0.25) is 9.10 Å². The van der Waals surface area contributed by atoms with Crippen LogP contribution in [0.1, 0.15) is 5.56 Å². The summed E-state index contributed by atoms with van der Waals surface area (Å²) < 4.78 is 25.3. The van der Waals surface area contributed by atoms with E-state index < -0.39 is 22.5 Å². The smallest absolute Gasteiger partial charge is 0.245 e. The average Bonchev–Trinajstić information content (AvgIpc) is 2.43. The van der Waals surface area contributed by atoms with E-state index in [-0.39, 0.29) is 0 Å². The molecule has 0 heterocycles. The number of sulfonamides is 1. The largest absolute Gasteiger partial charge is 0.324 e. The Hall–Kier alpha value is -1.47. The Kier molecular flexibility index (Phi) is 6.21. The van der Waals surface area contributed by atoms with Crippen molar-refractivity contribution in [3.63, 3.8) is 0 Å². The van der Waals surface area contributed by atoms with E-state index in [1.54, 1.807) is 25.1 Å². The predicted octanol–water partition coefficient (Wildman–Crippen LogP) is 4.36. The summed E-state index contributed by atoms with van der Waals surface area (Å²) in [5, 5.41) is 3.78. The van der Waals surface area contributed by atoms with Gasteiger partial charge in [-0.2, -0.15) is 0 Å². The summed E-state index contributed by atoms with van der Waals surface area (Å²) in [6, 6.07) is 9.31. The maximum atomic E-state index is 12.3. The Bertz CT molecular complexity index is 897. The molecule has 0 aliphatic rings. The van der Waals surface area contributed by atoms with Crippen LogP contribution in [-0.2, 0) is 14.8 Å². The van der Waals surface area contributed by atoms with Crippen molar-refractivity contribution >= 4 is 62.1 Å². The number of hydrogen-bond donors (Lipinski definition) is 1. The number of anilines is 2. The Morgan fingerprint density at radius 3 is 2.16 bits per heavy atom. The second-order valence-electron chi connectivity index (χ2n) is 5.41. The van der Waals surface area contributed by atoms with Crippen LogP contribution in [0, 0.1) is 6.92 Å². The molecule has 0 aliphatic carbocycles. The summed E-state index contributed by atoms with van der Waals surface area (Å²) in [6.07, 6.45) is 1.03. The lowest BCUT2D eigenvalue weighted by Crippen LogP contribution is -2.37. The highest BCUT2D eigenvalue weighted by molar-refractivity contribution is 7.92. The van der Waals surface area contributed by atoms with Gasteiger partial charge in [-0.15, -0.1) is 0 Å². The molecule has 2 rings (SSSR count). The fourth-order valence-electron chi connectivity index (χ4n) is 2.24. The summed E-state index contributed by atoms with van der Waals surface area (Å²) in [7, 11) is -3.68. The number of nitrogens with one attached hydrogen (secondary N) is 1. The topological polar surface area (TPSA) is 66.5 Å². The van der Waals surface area contributed by atoms with Gasteiger partial charge in [0.05, 0.1) is 11.9 Å². The van der Waals surface area contributed by atoms with E-state index in [2.05, 4.69) is 5.32 Å². The van der Waals surface area contributed by atoms with E-state index in [0.29, 0.717) is 32.0 Å². The predicted molar refractivity (Wildman–Crippen MR) is 103 cm³/mol. The summed E-state index contributed by atoms with van der Waals surface area (Å²) in [6.45, 7) is 1.32. The standard InChI is InChI=1S/C16H15Cl3N2O3S/c1-10-5-11(17)3-4-15(10)21(25(2,23)24)9-16(22)20-14-7-12(18)6-13(19)8-14/h3-8H,9H2,1-2H3,(H,20,22). The van der Waals surface area contributed by atoms with Gasteiger partial charge in [0.1, 0.15) is 6.54 Å². The third-order valence-electron chi connectivity index (χ3n) is 3.26. The molecule has 0 atom stereocenters. The zero-order valence-corrected chi connectivity index (χ0v) is 16.5. The molecule has 2 aromatic rings. The lowest BCUT2D eigenvalue weighted by Gasteiger charge is -2.23. The van der Waals surface area contributed by atoms with E-state index in [1.165, 1.54) is 18.2 Å². The highest BCUT2D eigenvalue weighted by Crippen LogP contribution is 2.26. The molecular weight excluding hydrogens is 407 g/mol. The van der Waals surface area contributed by atoms with Crippen molar-refractivity contribution in [3.8, 4) is 0 Å². The van der Waals surface area contributed by atoms with Crippen molar-refractivity contribution in [2.24, 2.45) is 0 Å².